The SMILES string of the molecule is C/C=C/c1ccc(OCC(=O)O[C@@H](C)C(=O)c2c[nH]c3ccccc23)c(OC)c1. The zero-order chi connectivity index (χ0) is 20.8. The Morgan fingerprint density at radius 2 is 1.93 bits per heavy atom. The minimum Gasteiger partial charge on any atom is -0.493 e. The minimum absolute atomic E-state index is 0.274. The van der Waals surface area contributed by atoms with Gasteiger partial charge in [-0.15, -0.1) is 0 Å². The van der Waals surface area contributed by atoms with Gasteiger partial charge in [-0.05, 0) is 37.6 Å². The molecule has 0 saturated carbocycles. The Morgan fingerprint density at radius 1 is 1.14 bits per heavy atom. The molecule has 0 aliphatic carbocycles. The van der Waals surface area contributed by atoms with Crippen LogP contribution in [0.1, 0.15) is 29.8 Å². The van der Waals surface area contributed by atoms with Crippen LogP contribution in [0.4, 0.5) is 0 Å². The standard InChI is InChI=1S/C23H23NO5/c1-4-7-16-10-11-20(21(12-16)27-3)28-14-22(25)29-15(2)23(26)18-13-24-19-9-6-5-8-17(18)19/h4-13,15,24H,14H2,1-3H3/b7-4+/t15-/m0/s1. The second kappa shape index (κ2) is 9.10. The number of rotatable bonds is 8. The maximum atomic E-state index is 12.7. The average molecular weight is 393 g/mol. The number of carbonyl (C=O) groups excluding carboxylic acids is 2. The Labute approximate surface area is 169 Å². The van der Waals surface area contributed by atoms with Crippen molar-refractivity contribution in [2.24, 2.45) is 0 Å². The fourth-order valence-electron chi connectivity index (χ4n) is 3.02. The number of aromatic nitrogens is 1. The van der Waals surface area contributed by atoms with Crippen molar-refractivity contribution in [3.05, 3.63) is 65.9 Å². The van der Waals surface area contributed by atoms with E-state index < -0.39 is 12.1 Å². The number of Topliss-reactive ketones (excluding diaryl/α,β-unsaturated/α-hetero) is 1. The topological polar surface area (TPSA) is 77.6 Å². The molecule has 2 aromatic carbocycles. The lowest BCUT2D eigenvalue weighted by molar-refractivity contribution is -0.148. The number of aromatic amines is 1. The first kappa shape index (κ1) is 20.2. The smallest absolute Gasteiger partial charge is 0.344 e. The highest BCUT2D eigenvalue weighted by Gasteiger charge is 2.22. The van der Waals surface area contributed by atoms with Crippen LogP contribution in [0.5, 0.6) is 11.5 Å². The van der Waals surface area contributed by atoms with Crippen molar-refractivity contribution in [3.63, 3.8) is 0 Å². The number of allylic oxidation sites excluding steroid dienone is 1. The van der Waals surface area contributed by atoms with Gasteiger partial charge in [-0.2, -0.15) is 0 Å². The Kier molecular flexibility index (Phi) is 6.34. The summed E-state index contributed by atoms with van der Waals surface area (Å²) in [5, 5.41) is 0.794. The third-order valence-electron chi connectivity index (χ3n) is 4.42. The van der Waals surface area contributed by atoms with Crippen LogP contribution in [0.25, 0.3) is 17.0 Å². The molecular formula is C23H23NO5. The summed E-state index contributed by atoms with van der Waals surface area (Å²) in [4.78, 5) is 27.9. The first-order chi connectivity index (χ1) is 14.0. The average Bonchev–Trinajstić information content (AvgIpc) is 3.16. The molecule has 0 fully saturated rings. The van der Waals surface area contributed by atoms with E-state index in [1.54, 1.807) is 19.2 Å². The summed E-state index contributed by atoms with van der Waals surface area (Å²) in [5.74, 6) is 0.0268. The van der Waals surface area contributed by atoms with Crippen molar-refractivity contribution in [1.29, 1.82) is 0 Å². The molecule has 0 bridgehead atoms. The van der Waals surface area contributed by atoms with Crippen molar-refractivity contribution < 1.29 is 23.8 Å². The molecular weight excluding hydrogens is 370 g/mol. The Morgan fingerprint density at radius 3 is 2.69 bits per heavy atom. The van der Waals surface area contributed by atoms with Crippen LogP contribution in [-0.2, 0) is 9.53 Å². The zero-order valence-corrected chi connectivity index (χ0v) is 16.6. The maximum Gasteiger partial charge on any atom is 0.344 e. The molecule has 1 N–H and O–H groups in total. The van der Waals surface area contributed by atoms with Gasteiger partial charge < -0.3 is 19.2 Å². The number of ketones is 1. The molecule has 0 amide bonds. The quantitative estimate of drug-likeness (QED) is 0.453. The number of H-pyrrole nitrogens is 1. The predicted molar refractivity (Wildman–Crippen MR) is 111 cm³/mol. The van der Waals surface area contributed by atoms with E-state index >= 15 is 0 Å². The second-order valence-electron chi connectivity index (χ2n) is 6.44. The van der Waals surface area contributed by atoms with E-state index in [1.807, 2.05) is 55.5 Å². The minimum atomic E-state index is -0.927. The van der Waals surface area contributed by atoms with E-state index in [-0.39, 0.29) is 12.4 Å². The summed E-state index contributed by atoms with van der Waals surface area (Å²) in [7, 11) is 1.53. The van der Waals surface area contributed by atoms with Crippen molar-refractivity contribution >= 4 is 28.7 Å². The fourth-order valence-corrected chi connectivity index (χ4v) is 3.02. The van der Waals surface area contributed by atoms with Gasteiger partial charge in [0, 0.05) is 22.7 Å². The Hall–Kier alpha value is -3.54. The van der Waals surface area contributed by atoms with Crippen molar-refractivity contribution in [2.75, 3.05) is 13.7 Å². The van der Waals surface area contributed by atoms with Gasteiger partial charge in [0.1, 0.15) is 0 Å². The molecule has 150 valence electrons. The van der Waals surface area contributed by atoms with Crippen LogP contribution in [0.2, 0.25) is 0 Å². The summed E-state index contributed by atoms with van der Waals surface area (Å²) in [6.45, 7) is 3.14. The molecule has 6 heteroatoms. The van der Waals surface area contributed by atoms with Crippen LogP contribution in [0, 0.1) is 0 Å². The van der Waals surface area contributed by atoms with Crippen molar-refractivity contribution in [3.8, 4) is 11.5 Å². The first-order valence-electron chi connectivity index (χ1n) is 9.26. The summed E-state index contributed by atoms with van der Waals surface area (Å²) >= 11 is 0. The lowest BCUT2D eigenvalue weighted by Crippen LogP contribution is -2.27. The number of methoxy groups -OCH3 is 1. The zero-order valence-electron chi connectivity index (χ0n) is 16.6. The molecule has 0 aliphatic rings. The second-order valence-corrected chi connectivity index (χ2v) is 6.44. The molecule has 1 heterocycles. The Bertz CT molecular complexity index is 1050. The highest BCUT2D eigenvalue weighted by Crippen LogP contribution is 2.28. The van der Waals surface area contributed by atoms with E-state index in [4.69, 9.17) is 14.2 Å². The molecule has 1 aromatic heterocycles. The lowest BCUT2D eigenvalue weighted by Gasteiger charge is -2.14. The molecule has 0 spiro atoms. The van der Waals surface area contributed by atoms with Gasteiger partial charge in [0.05, 0.1) is 7.11 Å². The number of carbonyl (C=O) groups is 2. The number of esters is 1. The van der Waals surface area contributed by atoms with Gasteiger partial charge in [0.25, 0.3) is 0 Å². The van der Waals surface area contributed by atoms with Gasteiger partial charge in [-0.25, -0.2) is 4.79 Å². The molecule has 3 aromatic rings. The highest BCUT2D eigenvalue weighted by atomic mass is 16.6. The highest BCUT2D eigenvalue weighted by molar-refractivity contribution is 6.10. The van der Waals surface area contributed by atoms with E-state index in [9.17, 15) is 9.59 Å². The van der Waals surface area contributed by atoms with Crippen LogP contribution in [0.15, 0.2) is 54.7 Å². The number of ether oxygens (including phenoxy) is 3. The molecule has 3 rings (SSSR count). The van der Waals surface area contributed by atoms with Crippen LogP contribution in [-0.4, -0.2) is 36.6 Å². The van der Waals surface area contributed by atoms with Crippen molar-refractivity contribution in [1.82, 2.24) is 4.98 Å². The van der Waals surface area contributed by atoms with Crippen molar-refractivity contribution in [2.45, 2.75) is 20.0 Å². The normalized spacial score (nSPS) is 12.1. The third-order valence-corrected chi connectivity index (χ3v) is 4.42. The number of nitrogens with one attached hydrogen (secondary N) is 1. The van der Waals surface area contributed by atoms with Gasteiger partial charge in [-0.3, -0.25) is 4.79 Å². The number of fused-ring (bicyclic) bond motifs is 1. The molecule has 6 nitrogen and oxygen atoms in total. The van der Waals surface area contributed by atoms with E-state index in [0.29, 0.717) is 17.1 Å². The molecule has 0 unspecified atom stereocenters. The lowest BCUT2D eigenvalue weighted by atomic mass is 10.1. The van der Waals surface area contributed by atoms with E-state index in [1.165, 1.54) is 7.11 Å². The van der Waals surface area contributed by atoms with E-state index in [2.05, 4.69) is 4.98 Å². The molecule has 0 aliphatic heterocycles. The fraction of sp³-hybridized carbons (Fsp3) is 0.217. The van der Waals surface area contributed by atoms with Gasteiger partial charge in [0.15, 0.2) is 24.2 Å². The summed E-state index contributed by atoms with van der Waals surface area (Å²) in [6, 6.07) is 12.9. The van der Waals surface area contributed by atoms with Crippen LogP contribution in [0.3, 0.4) is 0 Å². The third kappa shape index (κ3) is 4.66. The molecule has 0 radical (unpaired) electrons. The monoisotopic (exact) mass is 393 g/mol. The number of hydrogen-bond donors (Lipinski definition) is 1. The summed E-state index contributed by atoms with van der Waals surface area (Å²) < 4.78 is 16.1. The largest absolute Gasteiger partial charge is 0.493 e. The van der Waals surface area contributed by atoms with Crippen LogP contribution < -0.4 is 9.47 Å². The van der Waals surface area contributed by atoms with Crippen LogP contribution >= 0.6 is 0 Å². The number of hydrogen-bond acceptors (Lipinski definition) is 5. The maximum absolute atomic E-state index is 12.7. The molecule has 1 atom stereocenters. The van der Waals surface area contributed by atoms with Gasteiger partial charge in [0.2, 0.25) is 5.78 Å². The first-order valence-corrected chi connectivity index (χ1v) is 9.26. The molecule has 29 heavy (non-hydrogen) atoms. The predicted octanol–water partition coefficient (Wildman–Crippen LogP) is 4.40. The van der Waals surface area contributed by atoms with E-state index in [0.717, 1.165) is 16.5 Å². The van der Waals surface area contributed by atoms with Gasteiger partial charge >= 0.3 is 5.97 Å². The molecule has 0 saturated heterocycles. The number of benzene rings is 2. The summed E-state index contributed by atoms with van der Waals surface area (Å²) in [6.07, 6.45) is 4.55. The Balaban J connectivity index is 1.61. The van der Waals surface area contributed by atoms with Gasteiger partial charge in [-0.1, -0.05) is 36.4 Å². The summed E-state index contributed by atoms with van der Waals surface area (Å²) in [5.41, 5.74) is 2.30. The number of para-hydroxylation sites is 1.